The molecule has 0 saturated carbocycles. The average molecular weight is 409 g/mol. The summed E-state index contributed by atoms with van der Waals surface area (Å²) >= 11 is 6.05. The van der Waals surface area contributed by atoms with Gasteiger partial charge >= 0.3 is 0 Å². The predicted molar refractivity (Wildman–Crippen MR) is 111 cm³/mol. The molecule has 3 nitrogen and oxygen atoms in total. The van der Waals surface area contributed by atoms with Gasteiger partial charge < -0.3 is 9.47 Å². The fraction of sp³-hybridized carbons (Fsp3) is 0.125. The summed E-state index contributed by atoms with van der Waals surface area (Å²) in [6.07, 6.45) is 1.72. The highest BCUT2D eigenvalue weighted by atomic mass is 35.5. The number of Topliss-reactive ketones (excluding diaryl/α,β-unsaturated/α-hetero) is 1. The minimum atomic E-state index is -0.426. The fourth-order valence-corrected chi connectivity index (χ4v) is 3.42. The van der Waals surface area contributed by atoms with Gasteiger partial charge in [-0.2, -0.15) is 0 Å². The standard InChI is InChI=1S/C24H18ClFO3/c1-14-6-8-16(9-7-14)11-22-24(27)23-15(2)10-17(12-21(23)29-22)28-13-18-19(25)4-3-5-20(18)26/h3-12H,13H2,1-2H3/b22-11-. The van der Waals surface area contributed by atoms with Crippen LogP contribution in [0.4, 0.5) is 4.39 Å². The maximum absolute atomic E-state index is 13.9. The summed E-state index contributed by atoms with van der Waals surface area (Å²) in [5.41, 5.74) is 3.55. The van der Waals surface area contributed by atoms with Gasteiger partial charge in [0, 0.05) is 11.6 Å². The van der Waals surface area contributed by atoms with Crippen molar-refractivity contribution in [3.05, 3.63) is 99.0 Å². The van der Waals surface area contributed by atoms with Gasteiger partial charge in [-0.15, -0.1) is 0 Å². The van der Waals surface area contributed by atoms with E-state index in [2.05, 4.69) is 0 Å². The summed E-state index contributed by atoms with van der Waals surface area (Å²) in [7, 11) is 0. The number of hydrogen-bond donors (Lipinski definition) is 0. The van der Waals surface area contributed by atoms with Crippen LogP contribution < -0.4 is 9.47 Å². The number of ketones is 1. The topological polar surface area (TPSA) is 35.5 Å². The summed E-state index contributed by atoms with van der Waals surface area (Å²) in [5, 5.41) is 0.303. The van der Waals surface area contributed by atoms with Crippen LogP contribution in [0.2, 0.25) is 5.02 Å². The molecule has 0 spiro atoms. The van der Waals surface area contributed by atoms with Crippen molar-refractivity contribution in [2.24, 2.45) is 0 Å². The van der Waals surface area contributed by atoms with Gasteiger partial charge in [0.2, 0.25) is 5.78 Å². The van der Waals surface area contributed by atoms with Crippen LogP contribution in [0.1, 0.15) is 32.6 Å². The zero-order valence-electron chi connectivity index (χ0n) is 16.0. The number of allylic oxidation sites excluding steroid dienone is 1. The first-order valence-corrected chi connectivity index (χ1v) is 9.51. The average Bonchev–Trinajstić information content (AvgIpc) is 2.99. The smallest absolute Gasteiger partial charge is 0.232 e. The fourth-order valence-electron chi connectivity index (χ4n) is 3.20. The Labute approximate surface area is 173 Å². The van der Waals surface area contributed by atoms with Gasteiger partial charge in [-0.3, -0.25) is 4.79 Å². The Morgan fingerprint density at radius 1 is 1.10 bits per heavy atom. The molecule has 0 aliphatic carbocycles. The first kappa shape index (κ1) is 19.2. The Bertz CT molecular complexity index is 1110. The summed E-state index contributed by atoms with van der Waals surface area (Å²) < 4.78 is 25.5. The van der Waals surface area contributed by atoms with E-state index < -0.39 is 5.82 Å². The van der Waals surface area contributed by atoms with Gasteiger partial charge in [-0.1, -0.05) is 47.5 Å². The third-order valence-corrected chi connectivity index (χ3v) is 5.12. The Morgan fingerprint density at radius 2 is 1.86 bits per heavy atom. The van der Waals surface area contributed by atoms with E-state index in [0.717, 1.165) is 16.7 Å². The van der Waals surface area contributed by atoms with E-state index >= 15 is 0 Å². The number of fused-ring (bicyclic) bond motifs is 1. The number of aryl methyl sites for hydroxylation is 2. The molecule has 1 heterocycles. The summed E-state index contributed by atoms with van der Waals surface area (Å²) in [6.45, 7) is 3.80. The highest BCUT2D eigenvalue weighted by Gasteiger charge is 2.30. The van der Waals surface area contributed by atoms with Crippen LogP contribution in [0.25, 0.3) is 6.08 Å². The molecule has 1 aliphatic rings. The summed E-state index contributed by atoms with van der Waals surface area (Å²) in [5.74, 6) is 0.584. The van der Waals surface area contributed by atoms with Crippen molar-refractivity contribution in [2.75, 3.05) is 0 Å². The van der Waals surface area contributed by atoms with Gasteiger partial charge in [-0.05, 0) is 49.2 Å². The van der Waals surface area contributed by atoms with E-state index in [1.54, 1.807) is 30.3 Å². The van der Waals surface area contributed by atoms with Crippen molar-refractivity contribution in [1.82, 2.24) is 0 Å². The van der Waals surface area contributed by atoms with Crippen LogP contribution in [0.15, 0.2) is 60.4 Å². The highest BCUT2D eigenvalue weighted by molar-refractivity contribution is 6.31. The van der Waals surface area contributed by atoms with Crippen molar-refractivity contribution in [2.45, 2.75) is 20.5 Å². The third kappa shape index (κ3) is 3.89. The number of ether oxygens (including phenoxy) is 2. The normalized spacial score (nSPS) is 14.1. The van der Waals surface area contributed by atoms with Crippen LogP contribution >= 0.6 is 11.6 Å². The van der Waals surface area contributed by atoms with Gasteiger partial charge in [0.25, 0.3) is 0 Å². The molecular weight excluding hydrogens is 391 g/mol. The van der Waals surface area contributed by atoms with Crippen molar-refractivity contribution in [1.29, 1.82) is 0 Å². The second-order valence-electron chi connectivity index (χ2n) is 6.95. The lowest BCUT2D eigenvalue weighted by Gasteiger charge is -2.11. The minimum Gasteiger partial charge on any atom is -0.489 e. The van der Waals surface area contributed by atoms with E-state index in [0.29, 0.717) is 22.1 Å². The lowest BCUT2D eigenvalue weighted by atomic mass is 10.0. The highest BCUT2D eigenvalue weighted by Crippen LogP contribution is 2.38. The van der Waals surface area contributed by atoms with Crippen LogP contribution in [0.3, 0.4) is 0 Å². The SMILES string of the molecule is Cc1ccc(/C=C2\Oc3cc(OCc4c(F)cccc4Cl)cc(C)c3C2=O)cc1. The lowest BCUT2D eigenvalue weighted by molar-refractivity contribution is 0.101. The molecule has 146 valence electrons. The quantitative estimate of drug-likeness (QED) is 0.476. The number of hydrogen-bond acceptors (Lipinski definition) is 3. The van der Waals surface area contributed by atoms with Crippen LogP contribution in [0, 0.1) is 19.7 Å². The largest absolute Gasteiger partial charge is 0.489 e. The molecule has 0 amide bonds. The summed E-state index contributed by atoms with van der Waals surface area (Å²) in [4.78, 5) is 12.8. The van der Waals surface area contributed by atoms with Gasteiger partial charge in [-0.25, -0.2) is 4.39 Å². The molecule has 0 fully saturated rings. The van der Waals surface area contributed by atoms with Crippen LogP contribution in [-0.2, 0) is 6.61 Å². The monoisotopic (exact) mass is 408 g/mol. The van der Waals surface area contributed by atoms with Crippen LogP contribution in [-0.4, -0.2) is 5.78 Å². The number of carbonyl (C=O) groups excluding carboxylic acids is 1. The zero-order chi connectivity index (χ0) is 20.5. The van der Waals surface area contributed by atoms with E-state index in [4.69, 9.17) is 21.1 Å². The Morgan fingerprint density at radius 3 is 2.59 bits per heavy atom. The molecule has 3 aromatic carbocycles. The molecule has 0 atom stereocenters. The van der Waals surface area contributed by atoms with E-state index in [1.165, 1.54) is 6.07 Å². The van der Waals surface area contributed by atoms with E-state index in [1.807, 2.05) is 38.1 Å². The second kappa shape index (κ2) is 7.72. The second-order valence-corrected chi connectivity index (χ2v) is 7.36. The molecule has 0 unspecified atom stereocenters. The van der Waals surface area contributed by atoms with Gasteiger partial charge in [0.15, 0.2) is 5.76 Å². The van der Waals surface area contributed by atoms with Gasteiger partial charge in [0.05, 0.1) is 10.6 Å². The molecule has 4 rings (SSSR count). The molecule has 5 heteroatoms. The lowest BCUT2D eigenvalue weighted by Crippen LogP contribution is -2.01. The molecule has 0 bridgehead atoms. The summed E-state index contributed by atoms with van der Waals surface area (Å²) in [6, 6.07) is 15.7. The van der Waals surface area contributed by atoms with E-state index in [-0.39, 0.29) is 23.7 Å². The minimum absolute atomic E-state index is 0.0241. The molecule has 0 N–H and O–H groups in total. The van der Waals surface area contributed by atoms with Crippen molar-refractivity contribution in [3.8, 4) is 11.5 Å². The molecule has 1 aliphatic heterocycles. The number of carbonyl (C=O) groups is 1. The number of benzene rings is 3. The van der Waals surface area contributed by atoms with Crippen molar-refractivity contribution < 1.29 is 18.7 Å². The Kier molecular flexibility index (Phi) is 5.12. The molecule has 0 aromatic heterocycles. The predicted octanol–water partition coefficient (Wildman–Crippen LogP) is 6.29. The molecule has 0 saturated heterocycles. The molecule has 29 heavy (non-hydrogen) atoms. The van der Waals surface area contributed by atoms with Crippen molar-refractivity contribution in [3.63, 3.8) is 0 Å². The Hall–Kier alpha value is -3.11. The molecular formula is C24H18ClFO3. The zero-order valence-corrected chi connectivity index (χ0v) is 16.7. The van der Waals surface area contributed by atoms with Crippen LogP contribution in [0.5, 0.6) is 11.5 Å². The van der Waals surface area contributed by atoms with E-state index in [9.17, 15) is 9.18 Å². The Balaban J connectivity index is 1.58. The first-order chi connectivity index (χ1) is 13.9. The number of rotatable bonds is 4. The number of halogens is 2. The van der Waals surface area contributed by atoms with Crippen molar-refractivity contribution >= 4 is 23.5 Å². The molecule has 0 radical (unpaired) electrons. The third-order valence-electron chi connectivity index (χ3n) is 4.76. The first-order valence-electron chi connectivity index (χ1n) is 9.13. The maximum Gasteiger partial charge on any atom is 0.232 e. The van der Waals surface area contributed by atoms with Gasteiger partial charge in [0.1, 0.15) is 23.9 Å². The molecule has 3 aromatic rings. The maximum atomic E-state index is 13.9.